The monoisotopic (exact) mass is 527 g/mol. The lowest BCUT2D eigenvalue weighted by molar-refractivity contribution is -0.141. The number of aromatic amines is 1. The first-order valence-electron chi connectivity index (χ1n) is 13.9. The zero-order chi connectivity index (χ0) is 27.3. The fourth-order valence-corrected chi connectivity index (χ4v) is 6.06. The molecule has 204 valence electrons. The van der Waals surface area contributed by atoms with E-state index in [0.717, 1.165) is 71.9 Å². The Morgan fingerprint density at radius 3 is 2.62 bits per heavy atom. The number of ether oxygens (including phenoxy) is 1. The van der Waals surface area contributed by atoms with Crippen molar-refractivity contribution in [3.63, 3.8) is 0 Å². The van der Waals surface area contributed by atoms with Gasteiger partial charge in [0.25, 0.3) is 0 Å². The Morgan fingerprint density at radius 2 is 1.92 bits per heavy atom. The number of hydrogen-bond donors (Lipinski definition) is 1. The molecular formula is C30H37N7O2. The van der Waals surface area contributed by atoms with Crippen molar-refractivity contribution in [1.82, 2.24) is 34.6 Å². The molecule has 2 fully saturated rings. The highest BCUT2D eigenvalue weighted by atomic mass is 16.5. The summed E-state index contributed by atoms with van der Waals surface area (Å²) in [6.45, 7) is 11.0. The summed E-state index contributed by atoms with van der Waals surface area (Å²) < 4.78 is 7.20. The topological polar surface area (TPSA) is 91.7 Å². The van der Waals surface area contributed by atoms with Crippen LogP contribution in [0, 0.1) is 6.92 Å². The highest BCUT2D eigenvalue weighted by Gasteiger charge is 2.40. The molecule has 4 aromatic rings. The van der Waals surface area contributed by atoms with E-state index in [2.05, 4.69) is 71.2 Å². The van der Waals surface area contributed by atoms with Gasteiger partial charge in [-0.1, -0.05) is 38.1 Å². The Bertz CT molecular complexity index is 1490. The molecule has 2 aliphatic rings. The lowest BCUT2D eigenvalue weighted by Gasteiger charge is -2.39. The molecule has 0 radical (unpaired) electrons. The summed E-state index contributed by atoms with van der Waals surface area (Å²) in [5, 5.41) is 12.4. The number of H-pyrrole nitrogens is 1. The van der Waals surface area contributed by atoms with Gasteiger partial charge in [-0.3, -0.25) is 14.8 Å². The third-order valence-corrected chi connectivity index (χ3v) is 8.49. The predicted octanol–water partition coefficient (Wildman–Crippen LogP) is 4.60. The van der Waals surface area contributed by atoms with E-state index < -0.39 is 0 Å². The molecule has 2 atom stereocenters. The number of likely N-dealkylation sites (N-methyl/N-ethyl adjacent to an activating group) is 1. The highest BCUT2D eigenvalue weighted by molar-refractivity contribution is 5.82. The molecule has 3 aromatic heterocycles. The zero-order valence-corrected chi connectivity index (χ0v) is 23.4. The number of nitrogens with zero attached hydrogens (tertiary/aromatic N) is 6. The van der Waals surface area contributed by atoms with Gasteiger partial charge < -0.3 is 9.64 Å². The summed E-state index contributed by atoms with van der Waals surface area (Å²) in [7, 11) is 1.93. The Labute approximate surface area is 229 Å². The van der Waals surface area contributed by atoms with Crippen LogP contribution in [0.5, 0.6) is 0 Å². The smallest absolute Gasteiger partial charge is 0.240 e. The van der Waals surface area contributed by atoms with Gasteiger partial charge >= 0.3 is 0 Å². The maximum absolute atomic E-state index is 13.5. The van der Waals surface area contributed by atoms with Crippen molar-refractivity contribution in [1.29, 1.82) is 0 Å². The van der Waals surface area contributed by atoms with Crippen molar-refractivity contribution in [3.8, 4) is 22.5 Å². The van der Waals surface area contributed by atoms with Crippen LogP contribution in [-0.4, -0.2) is 79.4 Å². The normalized spacial score (nSPS) is 19.1. The standard InChI is InChI=1S/C30H37N7O2/c1-18(2)26-27(33-34-28(26)23-13-19(3)29-31-17-32-37(29)14-23)22-10-8-21(9-11-22)20(4)35(5)30(38)25-7-6-12-36(25)24-15-39-16-24/h8-11,13-14,17-18,20,24-25H,6-7,12,15-16H2,1-5H3,(H,33,34)/t20-,25+/m0/s1. The van der Waals surface area contributed by atoms with Gasteiger partial charge in [0.2, 0.25) is 5.91 Å². The first-order chi connectivity index (χ1) is 18.8. The minimum atomic E-state index is -0.0397. The second-order valence-electron chi connectivity index (χ2n) is 11.3. The zero-order valence-electron chi connectivity index (χ0n) is 23.4. The lowest BCUT2D eigenvalue weighted by atomic mass is 9.93. The van der Waals surface area contributed by atoms with Crippen molar-refractivity contribution in [2.45, 2.75) is 64.6 Å². The lowest BCUT2D eigenvalue weighted by Crippen LogP contribution is -2.55. The van der Waals surface area contributed by atoms with Crippen LogP contribution in [0.25, 0.3) is 28.2 Å². The summed E-state index contributed by atoms with van der Waals surface area (Å²) in [6, 6.07) is 10.9. The summed E-state index contributed by atoms with van der Waals surface area (Å²) in [5.74, 6) is 0.466. The molecule has 0 aliphatic carbocycles. The van der Waals surface area contributed by atoms with Crippen LogP contribution in [0.15, 0.2) is 42.9 Å². The van der Waals surface area contributed by atoms with Crippen LogP contribution >= 0.6 is 0 Å². The largest absolute Gasteiger partial charge is 0.378 e. The fourth-order valence-electron chi connectivity index (χ4n) is 6.06. The molecular weight excluding hydrogens is 490 g/mol. The molecule has 0 spiro atoms. The third kappa shape index (κ3) is 4.53. The van der Waals surface area contributed by atoms with Gasteiger partial charge in [0, 0.05) is 29.9 Å². The Morgan fingerprint density at radius 1 is 1.15 bits per heavy atom. The highest BCUT2D eigenvalue weighted by Crippen LogP contribution is 2.36. The van der Waals surface area contributed by atoms with Crippen LogP contribution < -0.4 is 0 Å². The molecule has 0 unspecified atom stereocenters. The Hall–Kier alpha value is -3.56. The third-order valence-electron chi connectivity index (χ3n) is 8.49. The number of aromatic nitrogens is 5. The summed E-state index contributed by atoms with van der Waals surface area (Å²) >= 11 is 0. The number of aryl methyl sites for hydroxylation is 1. The maximum atomic E-state index is 13.5. The first kappa shape index (κ1) is 25.7. The van der Waals surface area contributed by atoms with E-state index in [1.165, 1.54) is 5.56 Å². The molecule has 2 saturated heterocycles. The summed E-state index contributed by atoms with van der Waals surface area (Å²) in [4.78, 5) is 22.1. The molecule has 39 heavy (non-hydrogen) atoms. The van der Waals surface area contributed by atoms with E-state index in [0.29, 0.717) is 6.04 Å². The van der Waals surface area contributed by atoms with E-state index in [4.69, 9.17) is 9.84 Å². The number of rotatable bonds is 7. The van der Waals surface area contributed by atoms with Gasteiger partial charge in [-0.05, 0) is 56.3 Å². The number of fused-ring (bicyclic) bond motifs is 1. The fraction of sp³-hybridized carbons (Fsp3) is 0.467. The first-order valence-corrected chi connectivity index (χ1v) is 13.9. The van der Waals surface area contributed by atoms with Crippen LogP contribution in [0.1, 0.15) is 62.3 Å². The average molecular weight is 528 g/mol. The average Bonchev–Trinajstić information content (AvgIpc) is 3.66. The van der Waals surface area contributed by atoms with Gasteiger partial charge in [-0.15, -0.1) is 0 Å². The summed E-state index contributed by atoms with van der Waals surface area (Å²) in [6.07, 6.45) is 5.57. The van der Waals surface area contributed by atoms with Crippen LogP contribution in [0.3, 0.4) is 0 Å². The number of hydrogen-bond acceptors (Lipinski definition) is 6. The number of carbonyl (C=O) groups is 1. The Balaban J connectivity index is 1.24. The van der Waals surface area contributed by atoms with Crippen molar-refractivity contribution in [2.75, 3.05) is 26.8 Å². The van der Waals surface area contributed by atoms with Crippen LogP contribution in [0.2, 0.25) is 0 Å². The van der Waals surface area contributed by atoms with Crippen LogP contribution in [-0.2, 0) is 9.53 Å². The van der Waals surface area contributed by atoms with E-state index in [9.17, 15) is 4.79 Å². The Kier molecular flexibility index (Phi) is 6.72. The van der Waals surface area contributed by atoms with Crippen molar-refractivity contribution < 1.29 is 9.53 Å². The quantitative estimate of drug-likeness (QED) is 0.378. The molecule has 6 rings (SSSR count). The van der Waals surface area contributed by atoms with Crippen molar-refractivity contribution in [2.24, 2.45) is 0 Å². The number of carbonyl (C=O) groups excluding carboxylic acids is 1. The van der Waals surface area contributed by atoms with E-state index in [-0.39, 0.29) is 23.9 Å². The predicted molar refractivity (Wildman–Crippen MR) is 150 cm³/mol. The molecule has 2 aliphatic heterocycles. The molecule has 0 saturated carbocycles. The SMILES string of the molecule is Cc1cc(-c2[nH]nc(-c3ccc([C@H](C)N(C)C(=O)[C@H]4CCCN4C4COC4)cc3)c2C(C)C)cn2ncnc12. The number of benzene rings is 1. The second-order valence-corrected chi connectivity index (χ2v) is 11.3. The van der Waals surface area contributed by atoms with E-state index in [1.807, 2.05) is 29.6 Å². The maximum Gasteiger partial charge on any atom is 0.240 e. The van der Waals surface area contributed by atoms with Gasteiger partial charge in [0.15, 0.2) is 5.65 Å². The van der Waals surface area contributed by atoms with Gasteiger partial charge in [0.1, 0.15) is 6.33 Å². The van der Waals surface area contributed by atoms with Crippen molar-refractivity contribution in [3.05, 3.63) is 59.5 Å². The van der Waals surface area contributed by atoms with E-state index >= 15 is 0 Å². The second kappa shape index (κ2) is 10.2. The molecule has 5 heterocycles. The van der Waals surface area contributed by atoms with Crippen molar-refractivity contribution >= 4 is 11.6 Å². The minimum Gasteiger partial charge on any atom is -0.378 e. The van der Waals surface area contributed by atoms with Gasteiger partial charge in [-0.2, -0.15) is 10.2 Å². The number of likely N-dealkylation sites (tertiary alicyclic amines) is 1. The van der Waals surface area contributed by atoms with E-state index in [1.54, 1.807) is 6.33 Å². The number of nitrogens with one attached hydrogen (secondary N) is 1. The molecule has 9 nitrogen and oxygen atoms in total. The van der Waals surface area contributed by atoms with Crippen LogP contribution in [0.4, 0.5) is 0 Å². The number of pyridine rings is 1. The molecule has 1 amide bonds. The van der Waals surface area contributed by atoms with Gasteiger partial charge in [-0.25, -0.2) is 9.50 Å². The minimum absolute atomic E-state index is 0.0247. The molecule has 0 bridgehead atoms. The molecule has 9 heteroatoms. The van der Waals surface area contributed by atoms with Gasteiger partial charge in [0.05, 0.1) is 42.7 Å². The summed E-state index contributed by atoms with van der Waals surface area (Å²) in [5.41, 5.74) is 8.24. The number of amides is 1. The molecule has 1 aromatic carbocycles. The molecule has 1 N–H and O–H groups in total.